The standard InChI is InChI=1S/C20H16ClF3N2O/c1-13-4-2-3-5-17(13)19(27)11-16-8-9-26(25-16)12-14-10-15(21)6-7-18(14)20(22,23)24/h2-10H,11-12H2,1H3. The Bertz CT molecular complexity index is 979. The minimum Gasteiger partial charge on any atom is -0.294 e. The van der Waals surface area contributed by atoms with E-state index in [1.165, 1.54) is 16.8 Å². The summed E-state index contributed by atoms with van der Waals surface area (Å²) in [7, 11) is 0. The van der Waals surface area contributed by atoms with Crippen LogP contribution in [0.2, 0.25) is 5.02 Å². The molecule has 3 aromatic rings. The van der Waals surface area contributed by atoms with Crippen molar-refractivity contribution in [3.05, 3.63) is 87.7 Å². The SMILES string of the molecule is Cc1ccccc1C(=O)Cc1ccn(Cc2cc(Cl)ccc2C(F)(F)F)n1. The summed E-state index contributed by atoms with van der Waals surface area (Å²) in [5, 5.41) is 4.46. The second-order valence-electron chi connectivity index (χ2n) is 6.22. The largest absolute Gasteiger partial charge is 0.416 e. The first-order chi connectivity index (χ1) is 12.7. The number of benzene rings is 2. The van der Waals surface area contributed by atoms with Gasteiger partial charge in [0.25, 0.3) is 0 Å². The van der Waals surface area contributed by atoms with E-state index in [9.17, 15) is 18.0 Å². The number of nitrogens with zero attached hydrogens (tertiary/aromatic N) is 2. The first-order valence-electron chi connectivity index (χ1n) is 8.21. The van der Waals surface area contributed by atoms with E-state index < -0.39 is 11.7 Å². The number of aromatic nitrogens is 2. The van der Waals surface area contributed by atoms with E-state index in [1.807, 2.05) is 19.1 Å². The Morgan fingerprint density at radius 1 is 1.15 bits per heavy atom. The highest BCUT2D eigenvalue weighted by Gasteiger charge is 2.33. The molecule has 0 spiro atoms. The molecular formula is C20H16ClF3N2O. The van der Waals surface area contributed by atoms with Crippen molar-refractivity contribution < 1.29 is 18.0 Å². The average Bonchev–Trinajstić information content (AvgIpc) is 3.01. The van der Waals surface area contributed by atoms with Crippen molar-refractivity contribution in [2.24, 2.45) is 0 Å². The van der Waals surface area contributed by atoms with Crippen LogP contribution in [0.25, 0.3) is 0 Å². The van der Waals surface area contributed by atoms with Crippen molar-refractivity contribution in [1.29, 1.82) is 0 Å². The second-order valence-corrected chi connectivity index (χ2v) is 6.66. The monoisotopic (exact) mass is 392 g/mol. The smallest absolute Gasteiger partial charge is 0.294 e. The maximum atomic E-state index is 13.2. The Morgan fingerprint density at radius 3 is 2.59 bits per heavy atom. The van der Waals surface area contributed by atoms with Crippen molar-refractivity contribution >= 4 is 17.4 Å². The van der Waals surface area contributed by atoms with E-state index in [0.29, 0.717) is 11.3 Å². The molecule has 140 valence electrons. The zero-order valence-electron chi connectivity index (χ0n) is 14.4. The molecule has 3 nitrogen and oxygen atoms in total. The molecule has 0 saturated heterocycles. The van der Waals surface area contributed by atoms with Gasteiger partial charge < -0.3 is 0 Å². The molecule has 2 aromatic carbocycles. The van der Waals surface area contributed by atoms with Crippen LogP contribution in [0, 0.1) is 6.92 Å². The second kappa shape index (κ2) is 7.56. The quantitative estimate of drug-likeness (QED) is 0.549. The summed E-state index contributed by atoms with van der Waals surface area (Å²) in [6, 6.07) is 12.3. The van der Waals surface area contributed by atoms with E-state index in [1.54, 1.807) is 24.4 Å². The van der Waals surface area contributed by atoms with Gasteiger partial charge in [-0.2, -0.15) is 18.3 Å². The Hall–Kier alpha value is -2.60. The molecule has 27 heavy (non-hydrogen) atoms. The van der Waals surface area contributed by atoms with Crippen LogP contribution in [0.1, 0.15) is 32.7 Å². The van der Waals surface area contributed by atoms with Crippen molar-refractivity contribution in [3.63, 3.8) is 0 Å². The van der Waals surface area contributed by atoms with Gasteiger partial charge in [0, 0.05) is 16.8 Å². The zero-order valence-corrected chi connectivity index (χ0v) is 15.2. The van der Waals surface area contributed by atoms with Crippen molar-refractivity contribution in [2.75, 3.05) is 0 Å². The summed E-state index contributed by atoms with van der Waals surface area (Å²) in [6.45, 7) is 1.76. The lowest BCUT2D eigenvalue weighted by Gasteiger charge is -2.13. The number of carbonyl (C=O) groups excluding carboxylic acids is 1. The summed E-state index contributed by atoms with van der Waals surface area (Å²) in [4.78, 5) is 12.4. The highest BCUT2D eigenvalue weighted by atomic mass is 35.5. The van der Waals surface area contributed by atoms with Gasteiger partial charge in [0.1, 0.15) is 0 Å². The van der Waals surface area contributed by atoms with Crippen LogP contribution in [0.4, 0.5) is 13.2 Å². The predicted molar refractivity (Wildman–Crippen MR) is 97.0 cm³/mol. The zero-order chi connectivity index (χ0) is 19.6. The van der Waals surface area contributed by atoms with Crippen LogP contribution in [-0.2, 0) is 19.1 Å². The molecule has 7 heteroatoms. The number of alkyl halides is 3. The fourth-order valence-electron chi connectivity index (χ4n) is 2.88. The summed E-state index contributed by atoms with van der Waals surface area (Å²) in [6.07, 6.45) is -2.84. The molecule has 0 unspecified atom stereocenters. The van der Waals surface area contributed by atoms with Gasteiger partial charge in [0.05, 0.1) is 24.2 Å². The summed E-state index contributed by atoms with van der Waals surface area (Å²) in [5.41, 5.74) is 1.26. The molecule has 0 radical (unpaired) electrons. The lowest BCUT2D eigenvalue weighted by molar-refractivity contribution is -0.138. The van der Waals surface area contributed by atoms with Crippen LogP contribution < -0.4 is 0 Å². The number of aryl methyl sites for hydroxylation is 1. The molecule has 0 aliphatic rings. The Labute approximate surface area is 159 Å². The summed E-state index contributed by atoms with van der Waals surface area (Å²) in [5.74, 6) is -0.0860. The number of Topliss-reactive ketones (excluding diaryl/α,β-unsaturated/α-hetero) is 1. The van der Waals surface area contributed by atoms with Gasteiger partial charge in [0.15, 0.2) is 5.78 Å². The fourth-order valence-corrected chi connectivity index (χ4v) is 3.07. The van der Waals surface area contributed by atoms with E-state index in [4.69, 9.17) is 11.6 Å². The highest BCUT2D eigenvalue weighted by Crippen LogP contribution is 2.33. The average molecular weight is 393 g/mol. The number of halogens is 4. The highest BCUT2D eigenvalue weighted by molar-refractivity contribution is 6.30. The maximum absolute atomic E-state index is 13.2. The molecular weight excluding hydrogens is 377 g/mol. The molecule has 0 atom stereocenters. The molecule has 0 N–H and O–H groups in total. The van der Waals surface area contributed by atoms with Crippen LogP contribution in [0.15, 0.2) is 54.7 Å². The number of hydrogen-bond donors (Lipinski definition) is 0. The van der Waals surface area contributed by atoms with E-state index in [2.05, 4.69) is 5.10 Å². The van der Waals surface area contributed by atoms with Crippen LogP contribution in [0.3, 0.4) is 0 Å². The number of carbonyl (C=O) groups is 1. The molecule has 0 aliphatic carbocycles. The minimum absolute atomic E-state index is 0.0230. The molecule has 0 aliphatic heterocycles. The lowest BCUT2D eigenvalue weighted by Crippen LogP contribution is -2.12. The van der Waals surface area contributed by atoms with Gasteiger partial charge in [-0.05, 0) is 42.3 Å². The van der Waals surface area contributed by atoms with Gasteiger partial charge >= 0.3 is 6.18 Å². The first kappa shape index (κ1) is 19.2. The van der Waals surface area contributed by atoms with Crippen molar-refractivity contribution in [1.82, 2.24) is 9.78 Å². The van der Waals surface area contributed by atoms with E-state index in [-0.39, 0.29) is 29.3 Å². The van der Waals surface area contributed by atoms with Crippen LogP contribution >= 0.6 is 11.6 Å². The third-order valence-electron chi connectivity index (χ3n) is 4.19. The summed E-state index contributed by atoms with van der Waals surface area (Å²) >= 11 is 5.85. The van der Waals surface area contributed by atoms with Crippen LogP contribution in [-0.4, -0.2) is 15.6 Å². The van der Waals surface area contributed by atoms with Gasteiger partial charge in [-0.25, -0.2) is 0 Å². The fraction of sp³-hybridized carbons (Fsp3) is 0.200. The molecule has 0 fully saturated rings. The van der Waals surface area contributed by atoms with Gasteiger partial charge in [0.2, 0.25) is 0 Å². The molecule has 1 heterocycles. The van der Waals surface area contributed by atoms with E-state index in [0.717, 1.165) is 11.6 Å². The third-order valence-corrected chi connectivity index (χ3v) is 4.42. The first-order valence-corrected chi connectivity index (χ1v) is 8.58. The van der Waals surface area contributed by atoms with Crippen molar-refractivity contribution in [2.45, 2.75) is 26.1 Å². The Balaban J connectivity index is 1.79. The van der Waals surface area contributed by atoms with Crippen LogP contribution in [0.5, 0.6) is 0 Å². The predicted octanol–water partition coefficient (Wildman–Crippen LogP) is 5.34. The molecule has 1 aromatic heterocycles. The number of hydrogen-bond acceptors (Lipinski definition) is 2. The topological polar surface area (TPSA) is 34.9 Å². The van der Waals surface area contributed by atoms with Gasteiger partial charge in [-0.3, -0.25) is 9.48 Å². The Kier molecular flexibility index (Phi) is 5.37. The van der Waals surface area contributed by atoms with Gasteiger partial charge in [-0.15, -0.1) is 0 Å². The Morgan fingerprint density at radius 2 is 1.89 bits per heavy atom. The molecule has 0 saturated carbocycles. The number of rotatable bonds is 5. The maximum Gasteiger partial charge on any atom is 0.416 e. The third kappa shape index (κ3) is 4.57. The molecule has 3 rings (SSSR count). The minimum atomic E-state index is -4.48. The normalized spacial score (nSPS) is 11.6. The van der Waals surface area contributed by atoms with E-state index >= 15 is 0 Å². The molecule has 0 bridgehead atoms. The summed E-state index contributed by atoms with van der Waals surface area (Å²) < 4.78 is 40.9. The number of ketones is 1. The van der Waals surface area contributed by atoms with Gasteiger partial charge in [-0.1, -0.05) is 35.9 Å². The van der Waals surface area contributed by atoms with Crippen molar-refractivity contribution in [3.8, 4) is 0 Å². The molecule has 0 amide bonds. The lowest BCUT2D eigenvalue weighted by atomic mass is 10.0.